The molecule has 0 aromatic rings. The summed E-state index contributed by atoms with van der Waals surface area (Å²) >= 11 is 6.69. The Bertz CT molecular complexity index is 277. The molecule has 0 amide bonds. The van der Waals surface area contributed by atoms with Gasteiger partial charge in [0.2, 0.25) is 4.38 Å². The molecule has 4 unspecified atom stereocenters. The Labute approximate surface area is 102 Å². The predicted molar refractivity (Wildman–Crippen MR) is 70.1 cm³/mol. The molecule has 2 aliphatic carbocycles. The van der Waals surface area contributed by atoms with E-state index in [-0.39, 0.29) is 0 Å². The van der Waals surface area contributed by atoms with Crippen molar-refractivity contribution >= 4 is 28.4 Å². The molecule has 1 nitrogen and oxygen atoms in total. The molecule has 0 aliphatic heterocycles. The Kier molecular flexibility index (Phi) is 3.06. The van der Waals surface area contributed by atoms with Gasteiger partial charge in [-0.05, 0) is 54.5 Å². The van der Waals surface area contributed by atoms with E-state index in [4.69, 9.17) is 17.0 Å². The third-order valence-corrected chi connectivity index (χ3v) is 5.57. The molecule has 2 aliphatic rings. The molecule has 2 saturated carbocycles. The summed E-state index contributed by atoms with van der Waals surface area (Å²) in [6.07, 6.45) is 5.00. The normalized spacial score (nSPS) is 42.9. The lowest BCUT2D eigenvalue weighted by atomic mass is 9.89. The minimum absolute atomic E-state index is 0.381. The highest BCUT2D eigenvalue weighted by molar-refractivity contribution is 8.22. The summed E-state index contributed by atoms with van der Waals surface area (Å²) in [4.78, 5) is 0. The van der Waals surface area contributed by atoms with E-state index < -0.39 is 0 Å². The van der Waals surface area contributed by atoms with Crippen molar-refractivity contribution in [3.05, 3.63) is 0 Å². The largest absolute Gasteiger partial charge is 0.475 e. The molecule has 0 aromatic carbocycles. The van der Waals surface area contributed by atoms with E-state index in [1.165, 1.54) is 12.8 Å². The zero-order chi connectivity index (χ0) is 11.2. The fourth-order valence-corrected chi connectivity index (χ4v) is 3.68. The summed E-state index contributed by atoms with van der Waals surface area (Å²) in [5.41, 5.74) is 0.595. The van der Waals surface area contributed by atoms with Crippen molar-refractivity contribution in [1.82, 2.24) is 0 Å². The van der Waals surface area contributed by atoms with Gasteiger partial charge in [0.15, 0.2) is 0 Å². The standard InChI is InChI=1S/C12H20OS2/c1-7(2)12-5-9(12)8(3)10(6-12)13-11(14)15-4/h7-10H,5-6H2,1-4H3. The smallest absolute Gasteiger partial charge is 0.219 e. The fraction of sp³-hybridized carbons (Fsp3) is 0.917. The molecule has 0 heterocycles. The highest BCUT2D eigenvalue weighted by atomic mass is 32.2. The van der Waals surface area contributed by atoms with Crippen LogP contribution in [0.15, 0.2) is 0 Å². The minimum atomic E-state index is 0.381. The molecule has 86 valence electrons. The quantitative estimate of drug-likeness (QED) is 0.685. The number of thiocarbonyl (C=S) groups is 1. The lowest BCUT2D eigenvalue weighted by Crippen LogP contribution is -2.22. The molecule has 0 aromatic heterocycles. The van der Waals surface area contributed by atoms with Gasteiger partial charge < -0.3 is 4.74 Å². The molecule has 0 radical (unpaired) electrons. The number of ether oxygens (including phenoxy) is 1. The Morgan fingerprint density at radius 2 is 2.13 bits per heavy atom. The number of rotatable bonds is 2. The second-order valence-electron chi connectivity index (χ2n) is 5.37. The van der Waals surface area contributed by atoms with Gasteiger partial charge in [-0.1, -0.05) is 32.5 Å². The molecule has 0 N–H and O–H groups in total. The number of hydrogen-bond donors (Lipinski definition) is 0. The van der Waals surface area contributed by atoms with Gasteiger partial charge in [-0.15, -0.1) is 0 Å². The van der Waals surface area contributed by atoms with Crippen LogP contribution in [0.4, 0.5) is 0 Å². The van der Waals surface area contributed by atoms with Crippen molar-refractivity contribution in [3.63, 3.8) is 0 Å². The Morgan fingerprint density at radius 1 is 1.47 bits per heavy atom. The Balaban J connectivity index is 1.99. The monoisotopic (exact) mass is 244 g/mol. The van der Waals surface area contributed by atoms with Crippen LogP contribution in [0, 0.1) is 23.2 Å². The SMILES string of the molecule is CSC(=S)OC1CC2(C(C)C)CC2C1C. The van der Waals surface area contributed by atoms with E-state index in [9.17, 15) is 0 Å². The van der Waals surface area contributed by atoms with Crippen LogP contribution in [-0.4, -0.2) is 16.7 Å². The Morgan fingerprint density at radius 3 is 2.60 bits per heavy atom. The number of fused-ring (bicyclic) bond motifs is 1. The number of thioether (sulfide) groups is 1. The molecule has 2 fully saturated rings. The maximum atomic E-state index is 5.84. The van der Waals surface area contributed by atoms with Crippen molar-refractivity contribution in [2.75, 3.05) is 6.26 Å². The van der Waals surface area contributed by atoms with Gasteiger partial charge in [0, 0.05) is 0 Å². The van der Waals surface area contributed by atoms with Gasteiger partial charge in [0.05, 0.1) is 0 Å². The van der Waals surface area contributed by atoms with Crippen LogP contribution < -0.4 is 0 Å². The maximum Gasteiger partial charge on any atom is 0.219 e. The van der Waals surface area contributed by atoms with Gasteiger partial charge in [-0.25, -0.2) is 0 Å². The zero-order valence-electron chi connectivity index (χ0n) is 9.95. The predicted octanol–water partition coefficient (Wildman–Crippen LogP) is 3.72. The van der Waals surface area contributed by atoms with Crippen molar-refractivity contribution in [2.45, 2.75) is 39.7 Å². The van der Waals surface area contributed by atoms with Crippen molar-refractivity contribution < 1.29 is 4.74 Å². The van der Waals surface area contributed by atoms with Crippen molar-refractivity contribution in [2.24, 2.45) is 23.2 Å². The fourth-order valence-electron chi connectivity index (χ4n) is 3.33. The van der Waals surface area contributed by atoms with E-state index >= 15 is 0 Å². The molecule has 4 atom stereocenters. The van der Waals surface area contributed by atoms with Gasteiger partial charge in [-0.2, -0.15) is 0 Å². The highest BCUT2D eigenvalue weighted by Gasteiger charge is 2.65. The third-order valence-electron chi connectivity index (χ3n) is 4.54. The molecular weight excluding hydrogens is 224 g/mol. The van der Waals surface area contributed by atoms with Crippen molar-refractivity contribution in [3.8, 4) is 0 Å². The minimum Gasteiger partial charge on any atom is -0.475 e. The topological polar surface area (TPSA) is 9.23 Å². The summed E-state index contributed by atoms with van der Waals surface area (Å²) in [7, 11) is 0. The summed E-state index contributed by atoms with van der Waals surface area (Å²) in [5, 5.41) is 0. The van der Waals surface area contributed by atoms with E-state index in [0.29, 0.717) is 21.8 Å². The average Bonchev–Trinajstić information content (AvgIpc) is 2.85. The highest BCUT2D eigenvalue weighted by Crippen LogP contribution is 2.70. The van der Waals surface area contributed by atoms with Crippen LogP contribution in [0.25, 0.3) is 0 Å². The molecule has 0 saturated heterocycles. The summed E-state index contributed by atoms with van der Waals surface area (Å²) in [6, 6.07) is 0. The van der Waals surface area contributed by atoms with E-state index in [2.05, 4.69) is 20.8 Å². The van der Waals surface area contributed by atoms with Crippen molar-refractivity contribution in [1.29, 1.82) is 0 Å². The lowest BCUT2D eigenvalue weighted by molar-refractivity contribution is 0.135. The first-order valence-corrected chi connectivity index (χ1v) is 7.39. The van der Waals surface area contributed by atoms with E-state index in [1.807, 2.05) is 6.26 Å². The van der Waals surface area contributed by atoms with Gasteiger partial charge in [0.1, 0.15) is 6.10 Å². The zero-order valence-corrected chi connectivity index (χ0v) is 11.6. The molecule has 3 heteroatoms. The van der Waals surface area contributed by atoms with Crippen LogP contribution in [-0.2, 0) is 4.74 Å². The maximum absolute atomic E-state index is 5.84. The Hall–Kier alpha value is 0.240. The second kappa shape index (κ2) is 3.92. The average molecular weight is 244 g/mol. The molecule has 0 spiro atoms. The summed E-state index contributed by atoms with van der Waals surface area (Å²) < 4.78 is 6.56. The van der Waals surface area contributed by atoms with Crippen LogP contribution in [0.1, 0.15) is 33.6 Å². The van der Waals surface area contributed by atoms with Crippen LogP contribution in [0.5, 0.6) is 0 Å². The van der Waals surface area contributed by atoms with Crippen LogP contribution >= 0.6 is 24.0 Å². The van der Waals surface area contributed by atoms with Gasteiger partial charge in [-0.3, -0.25) is 0 Å². The van der Waals surface area contributed by atoms with Crippen LogP contribution in [0.2, 0.25) is 0 Å². The third kappa shape index (κ3) is 1.82. The number of hydrogen-bond acceptors (Lipinski definition) is 3. The van der Waals surface area contributed by atoms with Gasteiger partial charge in [0.25, 0.3) is 0 Å². The van der Waals surface area contributed by atoms with E-state index in [0.717, 1.165) is 11.8 Å². The molecular formula is C12H20OS2. The van der Waals surface area contributed by atoms with Gasteiger partial charge >= 0.3 is 0 Å². The van der Waals surface area contributed by atoms with Crippen LogP contribution in [0.3, 0.4) is 0 Å². The first-order chi connectivity index (χ1) is 7.01. The first kappa shape index (κ1) is 11.7. The molecule has 0 bridgehead atoms. The first-order valence-electron chi connectivity index (χ1n) is 5.76. The summed E-state index contributed by atoms with van der Waals surface area (Å²) in [6.45, 7) is 7.03. The van der Waals surface area contributed by atoms with E-state index in [1.54, 1.807) is 11.8 Å². The molecule has 2 rings (SSSR count). The lowest BCUT2D eigenvalue weighted by Gasteiger charge is -2.22. The summed E-state index contributed by atoms with van der Waals surface area (Å²) in [5.74, 6) is 2.38. The molecule has 15 heavy (non-hydrogen) atoms. The second-order valence-corrected chi connectivity index (χ2v) is 6.78.